The summed E-state index contributed by atoms with van der Waals surface area (Å²) in [5, 5.41) is 17.3. The first-order valence-corrected chi connectivity index (χ1v) is 19.1. The Bertz CT molecular complexity index is 2560. The Labute approximate surface area is 344 Å². The summed E-state index contributed by atoms with van der Waals surface area (Å²) in [6, 6.07) is 24.0. The van der Waals surface area contributed by atoms with E-state index >= 15 is 0 Å². The van der Waals surface area contributed by atoms with E-state index < -0.39 is 29.1 Å². The number of carbonyl (C=O) groups excluding carboxylic acids is 2. The number of aromatic nitrogens is 4. The van der Waals surface area contributed by atoms with Crippen LogP contribution in [0.3, 0.4) is 0 Å². The summed E-state index contributed by atoms with van der Waals surface area (Å²) < 4.78 is 55.0. The molecule has 0 aliphatic carbocycles. The molecule has 4 N–H and O–H groups in total. The highest BCUT2D eigenvalue weighted by Gasteiger charge is 2.32. The maximum absolute atomic E-state index is 14.0. The SMILES string of the molecule is C#CC(C)(C)c1cc(NC(=O)Nc2ccc(Oc3ccnc(Nc4cc(C(=O)NCCN5CCOCC5)cc(C(F)(F)F)c4)n3)c3ccccc23)n(-c2ccc(C)cc2)n1. The molecule has 0 saturated carbocycles. The van der Waals surface area contributed by atoms with Crippen LogP contribution in [0.15, 0.2) is 97.2 Å². The molecular weight excluding hydrogens is 776 g/mol. The minimum Gasteiger partial charge on any atom is -0.438 e. The monoisotopic (exact) mass is 817 g/mol. The zero-order valence-electron chi connectivity index (χ0n) is 33.1. The van der Waals surface area contributed by atoms with E-state index in [1.807, 2.05) is 69.3 Å². The van der Waals surface area contributed by atoms with Crippen LogP contribution < -0.4 is 26.0 Å². The van der Waals surface area contributed by atoms with Gasteiger partial charge in [-0.2, -0.15) is 23.3 Å². The number of aryl methyl sites for hydroxylation is 1. The molecule has 4 aromatic carbocycles. The van der Waals surface area contributed by atoms with Crippen molar-refractivity contribution in [1.29, 1.82) is 0 Å². The van der Waals surface area contributed by atoms with Gasteiger partial charge in [0, 0.05) is 66.5 Å². The predicted molar refractivity (Wildman–Crippen MR) is 223 cm³/mol. The van der Waals surface area contributed by atoms with Crippen molar-refractivity contribution in [3.63, 3.8) is 0 Å². The Kier molecular flexibility index (Phi) is 12.0. The van der Waals surface area contributed by atoms with Gasteiger partial charge in [0.15, 0.2) is 0 Å². The summed E-state index contributed by atoms with van der Waals surface area (Å²) in [7, 11) is 0. The molecule has 0 atom stereocenters. The molecule has 6 aromatic rings. The Hall–Kier alpha value is -6.96. The minimum atomic E-state index is -4.72. The Morgan fingerprint density at radius 2 is 1.68 bits per heavy atom. The van der Waals surface area contributed by atoms with Gasteiger partial charge in [-0.25, -0.2) is 14.5 Å². The van der Waals surface area contributed by atoms with Gasteiger partial charge in [0.25, 0.3) is 5.91 Å². The number of halogens is 3. The topological polar surface area (TPSA) is 148 Å². The van der Waals surface area contributed by atoms with Crippen LogP contribution in [0.2, 0.25) is 0 Å². The first kappa shape index (κ1) is 41.2. The first-order chi connectivity index (χ1) is 28.8. The van der Waals surface area contributed by atoms with Crippen molar-refractivity contribution in [2.24, 2.45) is 0 Å². The van der Waals surface area contributed by atoms with E-state index in [1.54, 1.807) is 22.9 Å². The summed E-state index contributed by atoms with van der Waals surface area (Å²) in [5.74, 6) is 2.92. The van der Waals surface area contributed by atoms with E-state index in [0.717, 1.165) is 23.4 Å². The van der Waals surface area contributed by atoms with E-state index in [4.69, 9.17) is 21.0 Å². The lowest BCUT2D eigenvalue weighted by molar-refractivity contribution is -0.137. The summed E-state index contributed by atoms with van der Waals surface area (Å²) in [5.41, 5.74) is 0.968. The van der Waals surface area contributed by atoms with Gasteiger partial charge in [-0.15, -0.1) is 6.42 Å². The third kappa shape index (κ3) is 9.83. The van der Waals surface area contributed by atoms with Crippen LogP contribution in [0.1, 0.15) is 41.0 Å². The molecule has 0 bridgehead atoms. The lowest BCUT2D eigenvalue weighted by Crippen LogP contribution is -2.41. The fraction of sp³-hybridized carbons (Fsp3) is 0.250. The quantitative estimate of drug-likeness (QED) is 0.0896. The maximum atomic E-state index is 14.0. The molecule has 0 spiro atoms. The van der Waals surface area contributed by atoms with E-state index in [9.17, 15) is 22.8 Å². The third-order valence-corrected chi connectivity index (χ3v) is 9.80. The number of anilines is 4. The van der Waals surface area contributed by atoms with Crippen molar-refractivity contribution in [3.8, 4) is 29.7 Å². The Morgan fingerprint density at radius 3 is 2.42 bits per heavy atom. The highest BCUT2D eigenvalue weighted by atomic mass is 19.4. The van der Waals surface area contributed by atoms with Gasteiger partial charge >= 0.3 is 12.2 Å². The molecule has 60 heavy (non-hydrogen) atoms. The summed E-state index contributed by atoms with van der Waals surface area (Å²) in [4.78, 5) is 37.2. The number of hydrogen-bond acceptors (Lipinski definition) is 9. The van der Waals surface area contributed by atoms with E-state index in [1.165, 1.54) is 18.3 Å². The molecule has 0 unspecified atom stereocenters. The number of nitrogens with zero attached hydrogens (tertiary/aromatic N) is 5. The molecule has 1 aliphatic rings. The second-order valence-electron chi connectivity index (χ2n) is 14.6. The lowest BCUT2D eigenvalue weighted by atomic mass is 9.91. The van der Waals surface area contributed by atoms with E-state index in [2.05, 4.69) is 42.1 Å². The lowest BCUT2D eigenvalue weighted by Gasteiger charge is -2.26. The molecular formula is C44H42F3N9O4. The second kappa shape index (κ2) is 17.5. The Balaban J connectivity index is 1.07. The third-order valence-electron chi connectivity index (χ3n) is 9.80. The van der Waals surface area contributed by atoms with Crippen molar-refractivity contribution >= 4 is 45.9 Å². The number of benzene rings is 4. The molecule has 0 radical (unpaired) electrons. The number of nitrogens with one attached hydrogen (secondary N) is 4. The number of amides is 3. The number of ether oxygens (including phenoxy) is 2. The smallest absolute Gasteiger partial charge is 0.416 e. The molecule has 3 amide bonds. The number of urea groups is 1. The standard InChI is InChI=1S/C44H42F3N9O4/c1-5-43(3,4)37-27-38(56(54-37)32-12-10-28(2)11-13-32)52-42(58)51-35-14-15-36(34-9-7-6-8-33(34)35)60-39-16-17-49-41(53-39)50-31-25-29(24-30(26-31)44(45,46)47)40(57)48-18-19-55-20-22-59-23-21-55/h1,6-17,24-27H,18-23H2,2-4H3,(H,48,57)(H,49,50,53)(H2,51,52,58). The molecule has 1 saturated heterocycles. The average Bonchev–Trinajstić information content (AvgIpc) is 3.66. The van der Waals surface area contributed by atoms with Gasteiger partial charge < -0.3 is 25.4 Å². The molecule has 1 fully saturated rings. The van der Waals surface area contributed by atoms with Gasteiger partial charge in [0.05, 0.1) is 41.3 Å². The first-order valence-electron chi connectivity index (χ1n) is 19.1. The zero-order valence-corrected chi connectivity index (χ0v) is 33.1. The van der Waals surface area contributed by atoms with E-state index in [-0.39, 0.29) is 29.6 Å². The second-order valence-corrected chi connectivity index (χ2v) is 14.6. The van der Waals surface area contributed by atoms with Crippen molar-refractivity contribution in [2.45, 2.75) is 32.4 Å². The van der Waals surface area contributed by atoms with Crippen molar-refractivity contribution in [3.05, 3.63) is 120 Å². The molecule has 13 nitrogen and oxygen atoms in total. The van der Waals surface area contributed by atoms with Crippen molar-refractivity contribution in [2.75, 3.05) is 55.3 Å². The van der Waals surface area contributed by atoms with E-state index in [0.29, 0.717) is 66.6 Å². The number of fused-ring (bicyclic) bond motifs is 1. The molecule has 1 aliphatic heterocycles. The van der Waals surface area contributed by atoms with Crippen LogP contribution in [0.25, 0.3) is 16.5 Å². The number of alkyl halides is 3. The molecule has 2 aromatic heterocycles. The summed E-state index contributed by atoms with van der Waals surface area (Å²) in [6.45, 7) is 9.13. The molecule has 16 heteroatoms. The number of hydrogen-bond donors (Lipinski definition) is 4. The van der Waals surface area contributed by atoms with Gasteiger partial charge in [-0.3, -0.25) is 15.0 Å². The number of morpholine rings is 1. The molecule has 308 valence electrons. The van der Waals surface area contributed by atoms with Crippen LogP contribution in [0.4, 0.5) is 41.1 Å². The van der Waals surface area contributed by atoms with Crippen LogP contribution in [0.5, 0.6) is 11.6 Å². The normalized spacial score (nSPS) is 13.3. The van der Waals surface area contributed by atoms with Gasteiger partial charge in [-0.1, -0.05) is 47.9 Å². The fourth-order valence-corrected chi connectivity index (χ4v) is 6.42. The van der Waals surface area contributed by atoms with Gasteiger partial charge in [0.2, 0.25) is 11.8 Å². The van der Waals surface area contributed by atoms with Crippen LogP contribution >= 0.6 is 0 Å². The van der Waals surface area contributed by atoms with Crippen molar-refractivity contribution < 1.29 is 32.2 Å². The minimum absolute atomic E-state index is 0.0441. The summed E-state index contributed by atoms with van der Waals surface area (Å²) >= 11 is 0. The summed E-state index contributed by atoms with van der Waals surface area (Å²) in [6.07, 6.45) is 2.47. The van der Waals surface area contributed by atoms with Gasteiger partial charge in [-0.05, 0) is 63.2 Å². The largest absolute Gasteiger partial charge is 0.438 e. The van der Waals surface area contributed by atoms with Crippen molar-refractivity contribution in [1.82, 2.24) is 30.0 Å². The highest BCUT2D eigenvalue weighted by molar-refractivity contribution is 6.07. The highest BCUT2D eigenvalue weighted by Crippen LogP contribution is 2.36. The van der Waals surface area contributed by atoms with Crippen LogP contribution in [-0.2, 0) is 16.3 Å². The predicted octanol–water partition coefficient (Wildman–Crippen LogP) is 8.30. The zero-order chi connectivity index (χ0) is 42.4. The van der Waals surface area contributed by atoms with Crippen LogP contribution in [0, 0.1) is 19.3 Å². The maximum Gasteiger partial charge on any atom is 0.416 e. The fourth-order valence-electron chi connectivity index (χ4n) is 6.42. The molecule has 7 rings (SSSR count). The average molecular weight is 818 g/mol. The molecule has 3 heterocycles. The van der Waals surface area contributed by atoms with Crippen LogP contribution in [-0.4, -0.2) is 76.0 Å². The Morgan fingerprint density at radius 1 is 0.933 bits per heavy atom. The van der Waals surface area contributed by atoms with Gasteiger partial charge in [0.1, 0.15) is 11.6 Å². The number of rotatable bonds is 12. The number of carbonyl (C=O) groups is 2. The number of terminal acetylenes is 1.